The van der Waals surface area contributed by atoms with Gasteiger partial charge in [-0.1, -0.05) is 43.3 Å². The first-order chi connectivity index (χ1) is 19.6. The van der Waals surface area contributed by atoms with Gasteiger partial charge in [0.1, 0.15) is 11.9 Å². The summed E-state index contributed by atoms with van der Waals surface area (Å²) in [5.41, 5.74) is 1.42. The molecule has 0 spiro atoms. The third kappa shape index (κ3) is 7.07. The first-order valence-corrected chi connectivity index (χ1v) is 13.9. The molecule has 1 aliphatic rings. The average Bonchev–Trinajstić information content (AvgIpc) is 2.94. The molecular weight excluding hydrogens is 522 g/mol. The number of likely N-dealkylation sites (N-methyl/N-ethyl adjacent to an activating group) is 1. The Morgan fingerprint density at radius 2 is 1.80 bits per heavy atom. The van der Waals surface area contributed by atoms with Gasteiger partial charge < -0.3 is 35.6 Å². The van der Waals surface area contributed by atoms with Crippen molar-refractivity contribution in [3.63, 3.8) is 0 Å². The Kier molecular flexibility index (Phi) is 9.34. The van der Waals surface area contributed by atoms with Crippen LogP contribution in [0.1, 0.15) is 38.1 Å². The van der Waals surface area contributed by atoms with E-state index in [1.54, 1.807) is 42.0 Å². The van der Waals surface area contributed by atoms with Gasteiger partial charge in [-0.3, -0.25) is 4.79 Å². The number of rotatable bonds is 7. The van der Waals surface area contributed by atoms with Crippen LogP contribution in [0.4, 0.5) is 21.0 Å². The highest BCUT2D eigenvalue weighted by Crippen LogP contribution is 2.31. The van der Waals surface area contributed by atoms with E-state index in [0.717, 1.165) is 10.8 Å². The van der Waals surface area contributed by atoms with Gasteiger partial charge in [0.25, 0.3) is 5.91 Å². The van der Waals surface area contributed by atoms with Gasteiger partial charge in [-0.25, -0.2) is 9.59 Å². The van der Waals surface area contributed by atoms with Crippen LogP contribution in [0.25, 0.3) is 10.8 Å². The van der Waals surface area contributed by atoms with E-state index in [1.165, 1.54) is 0 Å². The molecule has 0 radical (unpaired) electrons. The van der Waals surface area contributed by atoms with Gasteiger partial charge in [-0.2, -0.15) is 0 Å². The molecule has 5 amide bonds. The van der Waals surface area contributed by atoms with Crippen LogP contribution < -0.4 is 20.7 Å². The monoisotopic (exact) mass is 561 g/mol. The van der Waals surface area contributed by atoms with Crippen molar-refractivity contribution in [2.75, 3.05) is 37.4 Å². The van der Waals surface area contributed by atoms with Crippen molar-refractivity contribution >= 4 is 40.1 Å². The summed E-state index contributed by atoms with van der Waals surface area (Å²) in [6, 6.07) is 17.4. The second-order valence-corrected chi connectivity index (χ2v) is 10.9. The van der Waals surface area contributed by atoms with E-state index in [2.05, 4.69) is 16.0 Å². The number of aliphatic hydroxyl groups is 1. The molecule has 4 rings (SSSR count). The maximum Gasteiger partial charge on any atom is 0.321 e. The van der Waals surface area contributed by atoms with Gasteiger partial charge >= 0.3 is 12.1 Å². The second-order valence-electron chi connectivity index (χ2n) is 10.9. The number of hydrogen-bond acceptors (Lipinski definition) is 5. The molecule has 3 atom stereocenters. The molecule has 0 bridgehead atoms. The Bertz CT molecular complexity index is 1410. The van der Waals surface area contributed by atoms with Crippen LogP contribution in [0.5, 0.6) is 5.75 Å². The Hall–Kier alpha value is -4.31. The van der Waals surface area contributed by atoms with Gasteiger partial charge in [-0.15, -0.1) is 0 Å². The Balaban J connectivity index is 1.57. The minimum absolute atomic E-state index is 0.0535. The van der Waals surface area contributed by atoms with E-state index in [0.29, 0.717) is 23.7 Å². The largest absolute Gasteiger partial charge is 0.487 e. The summed E-state index contributed by atoms with van der Waals surface area (Å²) in [4.78, 5) is 42.3. The molecule has 218 valence electrons. The van der Waals surface area contributed by atoms with Crippen LogP contribution in [-0.2, 0) is 0 Å². The molecule has 1 heterocycles. The number of benzene rings is 3. The van der Waals surface area contributed by atoms with Crippen molar-refractivity contribution in [2.45, 2.75) is 45.9 Å². The fraction of sp³-hybridized carbons (Fsp3) is 0.387. The summed E-state index contributed by atoms with van der Waals surface area (Å²) in [5.74, 6) is -0.121. The zero-order valence-electron chi connectivity index (χ0n) is 24.2. The molecule has 3 aromatic carbocycles. The molecule has 3 aromatic rings. The van der Waals surface area contributed by atoms with E-state index in [1.807, 2.05) is 63.2 Å². The Labute approximate surface area is 240 Å². The lowest BCUT2D eigenvalue weighted by Gasteiger charge is -2.38. The predicted octanol–water partition coefficient (Wildman–Crippen LogP) is 4.75. The van der Waals surface area contributed by atoms with Gasteiger partial charge in [0.15, 0.2) is 0 Å². The number of nitrogens with zero attached hydrogens (tertiary/aromatic N) is 2. The van der Waals surface area contributed by atoms with Crippen molar-refractivity contribution < 1.29 is 24.2 Å². The number of fused-ring (bicyclic) bond motifs is 2. The van der Waals surface area contributed by atoms with Crippen LogP contribution >= 0.6 is 0 Å². The molecule has 10 heteroatoms. The lowest BCUT2D eigenvalue weighted by atomic mass is 9.99. The summed E-state index contributed by atoms with van der Waals surface area (Å²) < 4.78 is 6.39. The van der Waals surface area contributed by atoms with Crippen LogP contribution in [0, 0.1) is 5.92 Å². The van der Waals surface area contributed by atoms with Crippen molar-refractivity contribution in [1.29, 1.82) is 0 Å². The number of carbonyl (C=O) groups excluding carboxylic acids is 3. The van der Waals surface area contributed by atoms with Crippen molar-refractivity contribution in [3.05, 3.63) is 66.2 Å². The molecular formula is C31H39N5O5. The number of urea groups is 2. The summed E-state index contributed by atoms with van der Waals surface area (Å²) in [7, 11) is 1.70. The maximum atomic E-state index is 13.6. The van der Waals surface area contributed by atoms with E-state index >= 15 is 0 Å². The third-order valence-corrected chi connectivity index (χ3v) is 7.17. The van der Waals surface area contributed by atoms with Gasteiger partial charge in [0, 0.05) is 36.6 Å². The average molecular weight is 562 g/mol. The van der Waals surface area contributed by atoms with Crippen LogP contribution in [0.3, 0.4) is 0 Å². The van der Waals surface area contributed by atoms with Crippen LogP contribution in [-0.4, -0.2) is 77.8 Å². The van der Waals surface area contributed by atoms with E-state index in [9.17, 15) is 19.5 Å². The number of hydrogen-bond donors (Lipinski definition) is 4. The number of carbonyl (C=O) groups is 3. The minimum Gasteiger partial charge on any atom is -0.487 e. The first kappa shape index (κ1) is 29.7. The number of ether oxygens (including phenoxy) is 1. The quantitative estimate of drug-likeness (QED) is 0.331. The van der Waals surface area contributed by atoms with E-state index in [4.69, 9.17) is 4.74 Å². The zero-order chi connectivity index (χ0) is 29.7. The fourth-order valence-corrected chi connectivity index (χ4v) is 4.85. The highest BCUT2D eigenvalue weighted by molar-refractivity contribution is 6.02. The minimum atomic E-state index is -0.457. The Morgan fingerprint density at radius 3 is 2.54 bits per heavy atom. The topological polar surface area (TPSA) is 123 Å². The summed E-state index contributed by atoms with van der Waals surface area (Å²) >= 11 is 0. The molecule has 0 saturated heterocycles. The highest BCUT2D eigenvalue weighted by atomic mass is 16.5. The van der Waals surface area contributed by atoms with Crippen molar-refractivity contribution in [3.8, 4) is 5.75 Å². The third-order valence-electron chi connectivity index (χ3n) is 7.17. The molecule has 0 unspecified atom stereocenters. The number of anilines is 2. The Morgan fingerprint density at radius 1 is 1.07 bits per heavy atom. The molecule has 0 fully saturated rings. The molecule has 4 N–H and O–H groups in total. The summed E-state index contributed by atoms with van der Waals surface area (Å²) in [6.45, 7) is 7.81. The SMILES string of the molecule is CC(C)NC(=O)Nc1ccc2c(c1)C(=O)N([C@@H](C)CO)C[C@@H](C)[C@@H](CN(C)C(=O)Nc1cccc3ccccc13)O2. The summed E-state index contributed by atoms with van der Waals surface area (Å²) in [5, 5.41) is 20.4. The number of nitrogens with one attached hydrogen (secondary N) is 3. The highest BCUT2D eigenvalue weighted by Gasteiger charge is 2.34. The standard InChI is InChI=1S/C31H39N5O5/c1-19(2)32-30(39)33-23-13-14-27-25(15-23)29(38)36(21(4)18-37)16-20(3)28(41-27)17-35(5)31(40)34-26-12-8-10-22-9-6-7-11-24(22)26/h6-15,19-21,28,37H,16-18H2,1-5H3,(H,34,40)(H2,32,33,39)/t20-,21+,28-/m1/s1. The lowest BCUT2D eigenvalue weighted by Crippen LogP contribution is -2.50. The number of amides is 5. The predicted molar refractivity (Wildman–Crippen MR) is 160 cm³/mol. The molecule has 0 aromatic heterocycles. The van der Waals surface area contributed by atoms with Crippen molar-refractivity contribution in [1.82, 2.24) is 15.1 Å². The normalized spacial score (nSPS) is 17.6. The number of aliphatic hydroxyl groups excluding tert-OH is 1. The van der Waals surface area contributed by atoms with E-state index < -0.39 is 12.1 Å². The van der Waals surface area contributed by atoms with Gasteiger partial charge in [-0.05, 0) is 50.4 Å². The van der Waals surface area contributed by atoms with Crippen LogP contribution in [0.2, 0.25) is 0 Å². The molecule has 1 aliphatic heterocycles. The van der Waals surface area contributed by atoms with Gasteiger partial charge in [0.2, 0.25) is 0 Å². The lowest BCUT2D eigenvalue weighted by molar-refractivity contribution is 0.0371. The smallest absolute Gasteiger partial charge is 0.321 e. The molecule has 41 heavy (non-hydrogen) atoms. The molecule has 0 aliphatic carbocycles. The first-order valence-electron chi connectivity index (χ1n) is 13.9. The molecule has 0 saturated carbocycles. The fourth-order valence-electron chi connectivity index (χ4n) is 4.85. The maximum absolute atomic E-state index is 13.6. The zero-order valence-corrected chi connectivity index (χ0v) is 24.2. The summed E-state index contributed by atoms with van der Waals surface area (Å²) in [6.07, 6.45) is -0.457. The van der Waals surface area contributed by atoms with E-state index in [-0.39, 0.29) is 48.6 Å². The van der Waals surface area contributed by atoms with Gasteiger partial charge in [0.05, 0.1) is 30.4 Å². The van der Waals surface area contributed by atoms with Crippen LogP contribution in [0.15, 0.2) is 60.7 Å². The van der Waals surface area contributed by atoms with Crippen molar-refractivity contribution in [2.24, 2.45) is 5.92 Å². The second kappa shape index (κ2) is 12.9. The molecule has 10 nitrogen and oxygen atoms in total.